The molecule has 0 aliphatic carbocycles. The van der Waals surface area contributed by atoms with Crippen molar-refractivity contribution >= 4 is 23.8 Å². The van der Waals surface area contributed by atoms with Crippen molar-refractivity contribution in [3.63, 3.8) is 0 Å². The quantitative estimate of drug-likeness (QED) is 0.796. The number of nitrogens with zero attached hydrogens (tertiary/aromatic N) is 1. The number of carbonyl (C=O) groups excluding carboxylic acids is 1. The molecule has 2 saturated heterocycles. The summed E-state index contributed by atoms with van der Waals surface area (Å²) in [6.45, 7) is 7.58. The van der Waals surface area contributed by atoms with Crippen molar-refractivity contribution in [3.05, 3.63) is 0 Å². The van der Waals surface area contributed by atoms with Crippen LogP contribution in [0.2, 0.25) is 0 Å². The van der Waals surface area contributed by atoms with Gasteiger partial charge in [0.05, 0.1) is 19.3 Å². The Balaban J connectivity index is 1.99. The molecule has 0 aromatic heterocycles. The summed E-state index contributed by atoms with van der Waals surface area (Å²) in [6.07, 6.45) is 0. The van der Waals surface area contributed by atoms with Gasteiger partial charge in [-0.1, -0.05) is 13.8 Å². The molecule has 0 aromatic carbocycles. The normalized spacial score (nSPS) is 37.8. The van der Waals surface area contributed by atoms with Crippen molar-refractivity contribution in [2.75, 3.05) is 26.3 Å². The predicted octanol–water partition coefficient (Wildman–Crippen LogP) is 1.01. The molecule has 0 saturated carbocycles. The molecule has 4 atom stereocenters. The summed E-state index contributed by atoms with van der Waals surface area (Å²) in [5, 5.41) is 12.9. The molecule has 2 heterocycles. The number of carbonyl (C=O) groups is 2. The molecule has 0 aromatic rings. The van der Waals surface area contributed by atoms with E-state index in [0.29, 0.717) is 23.6 Å². The number of hydrogen-bond acceptors (Lipinski definition) is 4. The maximum atomic E-state index is 12.3. The van der Waals surface area contributed by atoms with Gasteiger partial charge in [0.2, 0.25) is 0 Å². The van der Waals surface area contributed by atoms with Gasteiger partial charge >= 0.3 is 12.0 Å². The SMILES string of the molecule is CC1CN(C(=O)NC2COCC2(C)C(=O)O)CC(C)S1. The zero-order valence-corrected chi connectivity index (χ0v) is 12.9. The number of nitrogens with one attached hydrogen (secondary N) is 1. The van der Waals surface area contributed by atoms with Crippen LogP contribution in [0.1, 0.15) is 20.8 Å². The van der Waals surface area contributed by atoms with Crippen LogP contribution in [0.3, 0.4) is 0 Å². The number of thioether (sulfide) groups is 1. The molecule has 0 bridgehead atoms. The molecule has 7 heteroatoms. The molecular weight excluding hydrogens is 280 g/mol. The minimum absolute atomic E-state index is 0.135. The van der Waals surface area contributed by atoms with Crippen molar-refractivity contribution < 1.29 is 19.4 Å². The maximum absolute atomic E-state index is 12.3. The third-order valence-electron chi connectivity index (χ3n) is 3.95. The molecule has 2 rings (SSSR count). The summed E-state index contributed by atoms with van der Waals surface area (Å²) in [7, 11) is 0. The Labute approximate surface area is 123 Å². The van der Waals surface area contributed by atoms with Crippen LogP contribution in [0.5, 0.6) is 0 Å². The van der Waals surface area contributed by atoms with Gasteiger partial charge in [-0.05, 0) is 6.92 Å². The molecule has 4 unspecified atom stereocenters. The van der Waals surface area contributed by atoms with Gasteiger partial charge in [0.15, 0.2) is 0 Å². The molecule has 0 radical (unpaired) electrons. The van der Waals surface area contributed by atoms with E-state index in [1.807, 2.05) is 11.8 Å². The predicted molar refractivity (Wildman–Crippen MR) is 77.0 cm³/mol. The summed E-state index contributed by atoms with van der Waals surface area (Å²) in [5.74, 6) is -0.934. The summed E-state index contributed by atoms with van der Waals surface area (Å²) in [4.78, 5) is 25.4. The second-order valence-corrected chi connectivity index (χ2v) is 7.78. The number of amides is 2. The third-order valence-corrected chi connectivity index (χ3v) is 5.18. The van der Waals surface area contributed by atoms with E-state index in [1.54, 1.807) is 11.8 Å². The van der Waals surface area contributed by atoms with Crippen LogP contribution in [0.15, 0.2) is 0 Å². The van der Waals surface area contributed by atoms with E-state index in [1.165, 1.54) is 0 Å². The summed E-state index contributed by atoms with van der Waals surface area (Å²) < 4.78 is 5.25. The van der Waals surface area contributed by atoms with Crippen molar-refractivity contribution in [1.82, 2.24) is 10.2 Å². The standard InChI is InChI=1S/C13H22N2O4S/c1-8-4-15(5-9(2)20-8)12(18)14-10-6-19-7-13(10,3)11(16)17/h8-10H,4-7H2,1-3H3,(H,14,18)(H,16,17). The highest BCUT2D eigenvalue weighted by Crippen LogP contribution is 2.29. The molecule has 6 nitrogen and oxygen atoms in total. The van der Waals surface area contributed by atoms with E-state index in [-0.39, 0.29) is 19.2 Å². The van der Waals surface area contributed by atoms with Gasteiger partial charge in [0.25, 0.3) is 0 Å². The molecule has 2 N–H and O–H groups in total. The Bertz CT molecular complexity index is 396. The molecule has 0 spiro atoms. The first-order chi connectivity index (χ1) is 9.33. The monoisotopic (exact) mass is 302 g/mol. The van der Waals surface area contributed by atoms with Gasteiger partial charge in [-0.2, -0.15) is 11.8 Å². The minimum Gasteiger partial charge on any atom is -0.481 e. The van der Waals surface area contributed by atoms with Crippen molar-refractivity contribution in [1.29, 1.82) is 0 Å². The largest absolute Gasteiger partial charge is 0.481 e. The van der Waals surface area contributed by atoms with E-state index < -0.39 is 17.4 Å². The lowest BCUT2D eigenvalue weighted by molar-refractivity contribution is -0.148. The number of hydrogen-bond donors (Lipinski definition) is 2. The van der Waals surface area contributed by atoms with Crippen LogP contribution >= 0.6 is 11.8 Å². The molecule has 20 heavy (non-hydrogen) atoms. The minimum atomic E-state index is -1.04. The Morgan fingerprint density at radius 3 is 2.50 bits per heavy atom. The second kappa shape index (κ2) is 5.81. The highest BCUT2D eigenvalue weighted by molar-refractivity contribution is 8.00. The van der Waals surface area contributed by atoms with Crippen molar-refractivity contribution in [3.8, 4) is 0 Å². The fourth-order valence-corrected chi connectivity index (χ4v) is 3.99. The fraction of sp³-hybridized carbons (Fsp3) is 0.846. The zero-order valence-electron chi connectivity index (χ0n) is 12.1. The Morgan fingerprint density at radius 1 is 1.35 bits per heavy atom. The first-order valence-electron chi connectivity index (χ1n) is 6.85. The summed E-state index contributed by atoms with van der Waals surface area (Å²) in [6, 6.07) is -0.667. The topological polar surface area (TPSA) is 78.9 Å². The Hall–Kier alpha value is -0.950. The first kappa shape index (κ1) is 15.4. The number of carboxylic acids is 1. The van der Waals surface area contributed by atoms with E-state index in [2.05, 4.69) is 19.2 Å². The molecule has 114 valence electrons. The van der Waals surface area contributed by atoms with Crippen LogP contribution < -0.4 is 5.32 Å². The molecule has 2 aliphatic heterocycles. The second-order valence-electron chi connectivity index (χ2n) is 5.90. The van der Waals surface area contributed by atoms with Crippen molar-refractivity contribution in [2.45, 2.75) is 37.3 Å². The highest BCUT2D eigenvalue weighted by Gasteiger charge is 2.47. The Kier molecular flexibility index (Phi) is 4.49. The lowest BCUT2D eigenvalue weighted by atomic mass is 9.85. The van der Waals surface area contributed by atoms with E-state index in [9.17, 15) is 14.7 Å². The van der Waals surface area contributed by atoms with Crippen LogP contribution in [0.25, 0.3) is 0 Å². The van der Waals surface area contributed by atoms with Gasteiger partial charge < -0.3 is 20.1 Å². The number of urea groups is 1. The van der Waals surface area contributed by atoms with Crippen LogP contribution in [-0.4, -0.2) is 64.9 Å². The summed E-state index contributed by atoms with van der Waals surface area (Å²) >= 11 is 1.87. The Morgan fingerprint density at radius 2 is 1.95 bits per heavy atom. The number of ether oxygens (including phenoxy) is 1. The van der Waals surface area contributed by atoms with Crippen LogP contribution in [0, 0.1) is 5.41 Å². The molecular formula is C13H22N2O4S. The molecule has 2 fully saturated rings. The average Bonchev–Trinajstić information content (AvgIpc) is 2.71. The number of aliphatic carboxylic acids is 1. The zero-order chi connectivity index (χ0) is 14.9. The van der Waals surface area contributed by atoms with Crippen molar-refractivity contribution in [2.24, 2.45) is 5.41 Å². The molecule has 2 amide bonds. The first-order valence-corrected chi connectivity index (χ1v) is 7.79. The van der Waals surface area contributed by atoms with Crippen LogP contribution in [0.4, 0.5) is 4.79 Å². The average molecular weight is 302 g/mol. The number of rotatable bonds is 2. The van der Waals surface area contributed by atoms with Gasteiger partial charge in [-0.3, -0.25) is 4.79 Å². The van der Waals surface area contributed by atoms with E-state index in [0.717, 1.165) is 0 Å². The van der Waals surface area contributed by atoms with Gasteiger partial charge in [-0.15, -0.1) is 0 Å². The number of carboxylic acid groups (broad SMARTS) is 1. The van der Waals surface area contributed by atoms with E-state index in [4.69, 9.17) is 4.74 Å². The maximum Gasteiger partial charge on any atom is 0.317 e. The fourth-order valence-electron chi connectivity index (χ4n) is 2.67. The third kappa shape index (κ3) is 3.03. The van der Waals surface area contributed by atoms with Gasteiger partial charge in [0.1, 0.15) is 5.41 Å². The molecule has 2 aliphatic rings. The van der Waals surface area contributed by atoms with Crippen LogP contribution in [-0.2, 0) is 9.53 Å². The summed E-state index contributed by atoms with van der Waals surface area (Å²) in [5.41, 5.74) is -1.04. The van der Waals surface area contributed by atoms with Gasteiger partial charge in [0, 0.05) is 23.6 Å². The van der Waals surface area contributed by atoms with E-state index >= 15 is 0 Å². The highest BCUT2D eigenvalue weighted by atomic mass is 32.2. The smallest absolute Gasteiger partial charge is 0.317 e. The van der Waals surface area contributed by atoms with Gasteiger partial charge in [-0.25, -0.2) is 4.79 Å². The lowest BCUT2D eigenvalue weighted by Gasteiger charge is -2.36. The lowest BCUT2D eigenvalue weighted by Crippen LogP contribution is -2.56.